The molecule has 2 rings (SSSR count). The van der Waals surface area contributed by atoms with Crippen LogP contribution >= 0.6 is 0 Å². The fourth-order valence-electron chi connectivity index (χ4n) is 2.90. The normalized spacial score (nSPS) is 19.2. The summed E-state index contributed by atoms with van der Waals surface area (Å²) in [5.41, 5.74) is 1.01. The van der Waals surface area contributed by atoms with E-state index in [2.05, 4.69) is 16.7 Å². The van der Waals surface area contributed by atoms with Gasteiger partial charge in [-0.2, -0.15) is 0 Å². The Morgan fingerprint density at radius 2 is 1.91 bits per heavy atom. The third kappa shape index (κ3) is 5.34. The molecule has 0 bridgehead atoms. The lowest BCUT2D eigenvalue weighted by Gasteiger charge is -2.38. The first-order valence-corrected chi connectivity index (χ1v) is 9.81. The number of sulfone groups is 1. The van der Waals surface area contributed by atoms with Crippen molar-refractivity contribution in [1.82, 2.24) is 9.80 Å². The molecule has 1 unspecified atom stereocenters. The Labute approximate surface area is 132 Å². The van der Waals surface area contributed by atoms with E-state index in [0.29, 0.717) is 6.42 Å². The molecule has 0 aromatic heterocycles. The summed E-state index contributed by atoms with van der Waals surface area (Å²) in [5, 5.41) is 0. The minimum Gasteiger partial charge on any atom is -0.301 e. The monoisotopic (exact) mass is 328 g/mol. The highest BCUT2D eigenvalue weighted by Gasteiger charge is 2.22. The van der Waals surface area contributed by atoms with Gasteiger partial charge >= 0.3 is 0 Å². The Kier molecular flexibility index (Phi) is 5.94. The predicted octanol–water partition coefficient (Wildman–Crippen LogP) is 1.94. The van der Waals surface area contributed by atoms with Crippen LogP contribution in [0, 0.1) is 5.82 Å². The molecule has 0 aliphatic carbocycles. The smallest absolute Gasteiger partial charge is 0.147 e. The van der Waals surface area contributed by atoms with Gasteiger partial charge in [-0.05, 0) is 37.6 Å². The Balaban J connectivity index is 1.79. The van der Waals surface area contributed by atoms with E-state index in [4.69, 9.17) is 0 Å². The van der Waals surface area contributed by atoms with Gasteiger partial charge in [-0.25, -0.2) is 12.8 Å². The summed E-state index contributed by atoms with van der Waals surface area (Å²) < 4.78 is 35.6. The second kappa shape index (κ2) is 7.53. The van der Waals surface area contributed by atoms with Crippen LogP contribution in [-0.2, 0) is 9.84 Å². The second-order valence-electron chi connectivity index (χ2n) is 6.09. The molecule has 1 saturated heterocycles. The summed E-state index contributed by atoms with van der Waals surface area (Å²) in [6.45, 7) is 6.66. The number of benzene rings is 1. The number of rotatable bonds is 6. The highest BCUT2D eigenvalue weighted by atomic mass is 32.2. The molecule has 1 aliphatic rings. The van der Waals surface area contributed by atoms with Gasteiger partial charge in [-0.1, -0.05) is 12.1 Å². The summed E-state index contributed by atoms with van der Waals surface area (Å²) in [5.74, 6) is 0.0659. The lowest BCUT2D eigenvalue weighted by molar-refractivity contribution is 0.102. The Morgan fingerprint density at radius 1 is 1.23 bits per heavy atom. The summed E-state index contributed by atoms with van der Waals surface area (Å²) in [6, 6.07) is 6.99. The molecule has 4 nitrogen and oxygen atoms in total. The molecule has 1 aliphatic heterocycles. The Hall–Kier alpha value is -0.980. The quantitative estimate of drug-likeness (QED) is 0.800. The molecule has 1 atom stereocenters. The molecule has 22 heavy (non-hydrogen) atoms. The third-order valence-electron chi connectivity index (χ3n) is 4.28. The van der Waals surface area contributed by atoms with Gasteiger partial charge in [0.2, 0.25) is 0 Å². The largest absolute Gasteiger partial charge is 0.301 e. The zero-order valence-electron chi connectivity index (χ0n) is 13.3. The van der Waals surface area contributed by atoms with Crippen LogP contribution in [0.2, 0.25) is 0 Å². The molecule has 1 heterocycles. The molecule has 0 radical (unpaired) electrons. The van der Waals surface area contributed by atoms with Crippen LogP contribution < -0.4 is 0 Å². The van der Waals surface area contributed by atoms with E-state index in [1.807, 2.05) is 6.07 Å². The minimum absolute atomic E-state index is 0.191. The van der Waals surface area contributed by atoms with Gasteiger partial charge < -0.3 is 4.90 Å². The number of hydrogen-bond acceptors (Lipinski definition) is 4. The Morgan fingerprint density at radius 3 is 2.50 bits per heavy atom. The zero-order valence-corrected chi connectivity index (χ0v) is 14.2. The van der Waals surface area contributed by atoms with Gasteiger partial charge in [0.25, 0.3) is 0 Å². The fourth-order valence-corrected chi connectivity index (χ4v) is 3.56. The SMILES string of the molecule is CC(c1cccc(F)c1)N1CCN(CCCS(C)(=O)=O)CC1. The van der Waals surface area contributed by atoms with Gasteiger partial charge in [-0.3, -0.25) is 4.90 Å². The number of piperazine rings is 1. The fraction of sp³-hybridized carbons (Fsp3) is 0.625. The van der Waals surface area contributed by atoms with Crippen LogP contribution in [-0.4, -0.2) is 63.0 Å². The molecule has 0 saturated carbocycles. The lowest BCUT2D eigenvalue weighted by Crippen LogP contribution is -2.47. The first kappa shape index (κ1) is 17.4. The van der Waals surface area contributed by atoms with Crippen molar-refractivity contribution in [2.45, 2.75) is 19.4 Å². The lowest BCUT2D eigenvalue weighted by atomic mass is 10.1. The van der Waals surface area contributed by atoms with E-state index >= 15 is 0 Å². The maximum atomic E-state index is 13.3. The van der Waals surface area contributed by atoms with Gasteiger partial charge in [0.15, 0.2) is 0 Å². The molecule has 0 N–H and O–H groups in total. The highest BCUT2D eigenvalue weighted by Crippen LogP contribution is 2.22. The van der Waals surface area contributed by atoms with Gasteiger partial charge in [0, 0.05) is 38.5 Å². The Bertz CT molecular complexity index is 584. The first-order valence-electron chi connectivity index (χ1n) is 7.75. The van der Waals surface area contributed by atoms with E-state index < -0.39 is 9.84 Å². The molecular weight excluding hydrogens is 303 g/mol. The zero-order chi connectivity index (χ0) is 16.2. The molecule has 0 amide bonds. The van der Waals surface area contributed by atoms with Crippen molar-refractivity contribution in [1.29, 1.82) is 0 Å². The maximum absolute atomic E-state index is 13.3. The molecule has 1 aromatic carbocycles. The first-order chi connectivity index (χ1) is 10.3. The minimum atomic E-state index is -2.86. The van der Waals surface area contributed by atoms with E-state index in [1.54, 1.807) is 12.1 Å². The van der Waals surface area contributed by atoms with Crippen LogP contribution in [0.1, 0.15) is 24.9 Å². The van der Waals surface area contributed by atoms with Crippen molar-refractivity contribution in [3.05, 3.63) is 35.6 Å². The van der Waals surface area contributed by atoms with E-state index in [-0.39, 0.29) is 17.6 Å². The van der Waals surface area contributed by atoms with E-state index in [9.17, 15) is 12.8 Å². The molecule has 0 spiro atoms. The highest BCUT2D eigenvalue weighted by molar-refractivity contribution is 7.90. The van der Waals surface area contributed by atoms with Crippen molar-refractivity contribution in [3.8, 4) is 0 Å². The third-order valence-corrected chi connectivity index (χ3v) is 5.31. The number of halogens is 1. The summed E-state index contributed by atoms with van der Waals surface area (Å²) in [7, 11) is -2.86. The average molecular weight is 328 g/mol. The molecule has 124 valence electrons. The van der Waals surface area contributed by atoms with Crippen LogP contribution in [0.3, 0.4) is 0 Å². The summed E-state index contributed by atoms with van der Waals surface area (Å²) in [6.07, 6.45) is 1.98. The average Bonchev–Trinajstić information content (AvgIpc) is 2.46. The number of nitrogens with zero attached hydrogens (tertiary/aromatic N) is 2. The van der Waals surface area contributed by atoms with E-state index in [0.717, 1.165) is 38.3 Å². The van der Waals surface area contributed by atoms with Crippen molar-refractivity contribution in [2.75, 3.05) is 44.7 Å². The van der Waals surface area contributed by atoms with Crippen LogP contribution in [0.5, 0.6) is 0 Å². The van der Waals surface area contributed by atoms with E-state index in [1.165, 1.54) is 12.3 Å². The molecular formula is C16H25FN2O2S. The second-order valence-corrected chi connectivity index (χ2v) is 8.35. The maximum Gasteiger partial charge on any atom is 0.147 e. The van der Waals surface area contributed by atoms with Gasteiger partial charge in [0.1, 0.15) is 15.7 Å². The van der Waals surface area contributed by atoms with Crippen LogP contribution in [0.25, 0.3) is 0 Å². The molecule has 1 fully saturated rings. The standard InChI is InChI=1S/C16H25FN2O2S/c1-14(15-5-3-6-16(17)13-15)19-10-8-18(9-11-19)7-4-12-22(2,20)21/h3,5-6,13-14H,4,7-12H2,1-2H3. The van der Waals surface area contributed by atoms with Crippen molar-refractivity contribution < 1.29 is 12.8 Å². The molecule has 1 aromatic rings. The van der Waals surface area contributed by atoms with Gasteiger partial charge in [-0.15, -0.1) is 0 Å². The van der Waals surface area contributed by atoms with Crippen LogP contribution in [0.15, 0.2) is 24.3 Å². The van der Waals surface area contributed by atoms with Gasteiger partial charge in [0.05, 0.1) is 5.75 Å². The van der Waals surface area contributed by atoms with Crippen molar-refractivity contribution >= 4 is 9.84 Å². The predicted molar refractivity (Wildman–Crippen MR) is 87.2 cm³/mol. The summed E-state index contributed by atoms with van der Waals surface area (Å²) >= 11 is 0. The van der Waals surface area contributed by atoms with Crippen molar-refractivity contribution in [3.63, 3.8) is 0 Å². The topological polar surface area (TPSA) is 40.6 Å². The van der Waals surface area contributed by atoms with Crippen LogP contribution in [0.4, 0.5) is 4.39 Å². The van der Waals surface area contributed by atoms with Crippen molar-refractivity contribution in [2.24, 2.45) is 0 Å². The number of hydrogen-bond donors (Lipinski definition) is 0. The molecule has 6 heteroatoms. The summed E-state index contributed by atoms with van der Waals surface area (Å²) in [4.78, 5) is 4.65.